The van der Waals surface area contributed by atoms with Gasteiger partial charge in [0.05, 0.1) is 186 Å². The number of benzene rings is 1. The summed E-state index contributed by atoms with van der Waals surface area (Å²) in [6, 6.07) is -1.15. The van der Waals surface area contributed by atoms with E-state index in [1.165, 1.54) is 37.2 Å². The van der Waals surface area contributed by atoms with Crippen molar-refractivity contribution in [3.05, 3.63) is 123 Å². The normalized spacial score (nSPS) is 19.9. The van der Waals surface area contributed by atoms with Crippen molar-refractivity contribution in [2.75, 3.05) is 149 Å². The second-order valence-electron chi connectivity index (χ2n) is 34.7. The first kappa shape index (κ1) is 118. The molecule has 59 heteroatoms. The van der Waals surface area contributed by atoms with Crippen LogP contribution in [-0.4, -0.2) is 357 Å². The highest BCUT2D eigenvalue weighted by molar-refractivity contribution is 5.80. The molecule has 4 amide bonds. The molecule has 3 aliphatic heterocycles. The summed E-state index contributed by atoms with van der Waals surface area (Å²) in [5.41, 5.74) is -4.84. The van der Waals surface area contributed by atoms with Gasteiger partial charge in [-0.1, -0.05) is 54.2 Å². The number of aromatic nitrogens is 15. The number of ether oxygens (including phenoxy) is 10. The first-order valence-electron chi connectivity index (χ1n) is 47.3. The molecule has 1 aromatic carbocycles. The molecule has 0 saturated carbocycles. The van der Waals surface area contributed by atoms with Gasteiger partial charge in [0, 0.05) is 94.8 Å². The van der Waals surface area contributed by atoms with Crippen LogP contribution in [0.25, 0.3) is 0 Å². The summed E-state index contributed by atoms with van der Waals surface area (Å²) in [6.07, 6.45) is -20.4. The number of esters is 1. The van der Waals surface area contributed by atoms with Crippen LogP contribution in [0.5, 0.6) is 5.75 Å². The number of rotatable bonds is 63. The third-order valence-corrected chi connectivity index (χ3v) is 23.7. The lowest BCUT2D eigenvalue weighted by Crippen LogP contribution is -2.61. The highest BCUT2D eigenvalue weighted by atomic mass is 19.4. The number of unbranched alkanes of at least 4 members (excludes halogenated alkanes) is 7. The molecule has 0 radical (unpaired) electrons. The van der Waals surface area contributed by atoms with Crippen molar-refractivity contribution in [2.24, 2.45) is 0 Å². The number of nitrogens with one attached hydrogen (secondary N) is 6. The van der Waals surface area contributed by atoms with E-state index in [2.05, 4.69) is 92.5 Å². The zero-order valence-corrected chi connectivity index (χ0v) is 79.5. The summed E-state index contributed by atoms with van der Waals surface area (Å²) in [5, 5.41) is 132. The van der Waals surface area contributed by atoms with Gasteiger partial charge >= 0.3 is 24.5 Å². The van der Waals surface area contributed by atoms with E-state index in [1.807, 2.05) is 0 Å². The van der Waals surface area contributed by atoms with Crippen LogP contribution in [0.4, 0.5) is 73.4 Å². The molecule has 12 atom stereocenters. The molecular formula is C88H120F14N21O24+. The van der Waals surface area contributed by atoms with Gasteiger partial charge in [0.25, 0.3) is 12.0 Å². The number of carbonyl (C=O) groups is 5. The van der Waals surface area contributed by atoms with Crippen molar-refractivity contribution in [3.63, 3.8) is 0 Å². The number of hydrogen-bond donors (Lipinski definition) is 15. The summed E-state index contributed by atoms with van der Waals surface area (Å²) in [7, 11) is 0. The average Bonchev–Trinajstić information content (AvgIpc) is 1.62. The number of aliphatic hydroxyl groups is 9. The second kappa shape index (κ2) is 58.3. The maximum atomic E-state index is 14.2. The van der Waals surface area contributed by atoms with E-state index in [0.29, 0.717) is 44.9 Å². The Bertz CT molecular complexity index is 5080. The number of aliphatic hydroxyl groups excluding tert-OH is 9. The minimum absolute atomic E-state index is 0.00205. The molecule has 9 heterocycles. The number of nitrogens with zero attached hydrogens (tertiary/aromatic N) is 15. The van der Waals surface area contributed by atoms with E-state index < -0.39 is 217 Å². The van der Waals surface area contributed by atoms with Crippen LogP contribution < -0.4 is 41.2 Å². The Hall–Kier alpha value is -10.9. The molecule has 818 valence electrons. The van der Waals surface area contributed by atoms with Crippen molar-refractivity contribution in [1.82, 2.24) is 91.2 Å². The van der Waals surface area contributed by atoms with E-state index >= 15 is 0 Å². The Labute approximate surface area is 830 Å². The Morgan fingerprint density at radius 1 is 0.401 bits per heavy atom. The minimum Gasteiger partial charge on any atom is -0.420 e. The van der Waals surface area contributed by atoms with Crippen LogP contribution in [0.2, 0.25) is 0 Å². The monoisotopic (exact) mass is 2120 g/mol. The molecule has 0 unspecified atom stereocenters. The van der Waals surface area contributed by atoms with E-state index in [4.69, 9.17) is 42.6 Å². The Morgan fingerprint density at radius 3 is 1.16 bits per heavy atom. The minimum atomic E-state index is -4.91. The van der Waals surface area contributed by atoms with Crippen molar-refractivity contribution in [3.8, 4) is 5.75 Å². The number of carbonyl (C=O) groups excluding carboxylic acids is 5. The van der Waals surface area contributed by atoms with Crippen LogP contribution in [0.15, 0.2) is 43.1 Å². The quantitative estimate of drug-likeness (QED) is 0.00485. The lowest BCUT2D eigenvalue weighted by atomic mass is 9.82. The van der Waals surface area contributed by atoms with Crippen LogP contribution in [0.3, 0.4) is 0 Å². The molecule has 0 bridgehead atoms. The summed E-state index contributed by atoms with van der Waals surface area (Å²) in [6.45, 7) is -1.88. The van der Waals surface area contributed by atoms with Gasteiger partial charge in [-0.3, -0.25) is 24.0 Å². The van der Waals surface area contributed by atoms with Crippen molar-refractivity contribution >= 4 is 41.5 Å². The van der Waals surface area contributed by atoms with Gasteiger partial charge in [-0.2, -0.15) is 48.3 Å². The third kappa shape index (κ3) is 37.7. The first-order chi connectivity index (χ1) is 70.2. The zero-order valence-electron chi connectivity index (χ0n) is 79.5. The summed E-state index contributed by atoms with van der Waals surface area (Å²) in [5.74, 6) is -17.5. The van der Waals surface area contributed by atoms with Gasteiger partial charge in [-0.15, -0.1) is 15.3 Å². The molecule has 3 saturated heterocycles. The molecule has 10 rings (SSSR count). The standard InChI is InChI=1S/C88H119F14N21O24/c89-71-72(90)74(92)82(75(93)73(71)91)147-70(131)10-8-6-4-2-1-3-5-7-9-69(130)113-85(16-13-68(129)105-19-25-140-31-34-143-28-22-122-43-55(116-119-122)37-56-40-63(86(94,95)96)106-50-123(56)59-49-146-62(46-126)81(137)78(59)134,14-11-66(127)103-17-23-138-29-32-141-26-20-120-41-53(114-117-120)35-51-38-64(87(97,98)99)111-83(107-51)109-57-47-144-60(44-124)79(135)76(57)132)15-12-67(128)104-18-24-139-30-33-142-27-21-121-42-54(115-118-121)36-52-39-65(88(100,101)102)112-84(108-52)110-58-48-145-61(45-125)80(136)77(58)133/h38-43,50,57-62,76-81,124-126,132-137H,1-37,44-49H2,(H5-,103,104,105,107,108,109,110,111,112,113,127,128,129,130)/p+1/t57-,58-,59-,60+,61+,62+,76+,77+,78+,79-,80-,81-/m0/s1. The van der Waals surface area contributed by atoms with Gasteiger partial charge in [0.1, 0.15) is 72.0 Å². The molecular weight excluding hydrogens is 2000 g/mol. The highest BCUT2D eigenvalue weighted by Crippen LogP contribution is 2.36. The number of halogens is 14. The largest absolute Gasteiger partial charge is 0.458 e. The molecule has 0 spiro atoms. The fourth-order valence-electron chi connectivity index (χ4n) is 15.7. The average molecular weight is 2120 g/mol. The number of amides is 4. The number of anilines is 2. The molecule has 7 aromatic rings. The number of hydrogen-bond acceptors (Lipinski definition) is 37. The highest BCUT2D eigenvalue weighted by Gasteiger charge is 2.47. The lowest BCUT2D eigenvalue weighted by molar-refractivity contribution is -0.745. The third-order valence-electron chi connectivity index (χ3n) is 23.7. The van der Waals surface area contributed by atoms with Gasteiger partial charge in [-0.25, -0.2) is 51.7 Å². The summed E-state index contributed by atoms with van der Waals surface area (Å²) in [4.78, 5) is 86.8. The Morgan fingerprint density at radius 2 is 0.762 bits per heavy atom. The van der Waals surface area contributed by atoms with E-state index in [9.17, 15) is 131 Å². The summed E-state index contributed by atoms with van der Waals surface area (Å²) >= 11 is 0. The van der Waals surface area contributed by atoms with E-state index in [1.54, 1.807) is 0 Å². The summed E-state index contributed by atoms with van der Waals surface area (Å²) < 4.78 is 255. The van der Waals surface area contributed by atoms with Crippen molar-refractivity contribution in [1.29, 1.82) is 0 Å². The lowest BCUT2D eigenvalue weighted by Gasteiger charge is -2.37. The first-order valence-corrected chi connectivity index (χ1v) is 47.3. The predicted molar refractivity (Wildman–Crippen MR) is 473 cm³/mol. The zero-order chi connectivity index (χ0) is 106. The van der Waals surface area contributed by atoms with Crippen molar-refractivity contribution in [2.45, 2.75) is 239 Å². The van der Waals surface area contributed by atoms with Crippen LogP contribution >= 0.6 is 0 Å². The fourth-order valence-corrected chi connectivity index (χ4v) is 15.7. The maximum absolute atomic E-state index is 14.2. The van der Waals surface area contributed by atoms with Gasteiger partial charge in [0.15, 0.2) is 6.04 Å². The van der Waals surface area contributed by atoms with Crippen LogP contribution in [-0.2, 0) is 124 Å². The maximum Gasteiger partial charge on any atom is 0.458 e. The van der Waals surface area contributed by atoms with Gasteiger partial charge < -0.3 is 125 Å². The molecule has 6 aromatic heterocycles. The van der Waals surface area contributed by atoms with E-state index in [-0.39, 0.29) is 243 Å². The smallest absolute Gasteiger partial charge is 0.420 e. The predicted octanol–water partition coefficient (Wildman–Crippen LogP) is 1.24. The van der Waals surface area contributed by atoms with Crippen molar-refractivity contribution < 1.29 is 183 Å². The molecule has 147 heavy (non-hydrogen) atoms. The van der Waals surface area contributed by atoms with E-state index in [0.717, 1.165) is 24.5 Å². The number of alkyl halides is 9. The van der Waals surface area contributed by atoms with Gasteiger partial charge in [0.2, 0.25) is 70.4 Å². The molecule has 45 nitrogen and oxygen atoms in total. The Kier molecular flexibility index (Phi) is 46.8. The fraction of sp³-hybridized carbons (Fsp3) is 0.670. The molecule has 3 aliphatic rings. The molecule has 15 N–H and O–H groups in total. The molecule has 0 aliphatic carbocycles. The van der Waals surface area contributed by atoms with Gasteiger partial charge in [-0.05, 0) is 49.2 Å². The second-order valence-corrected chi connectivity index (χ2v) is 34.7. The molecule has 3 fully saturated rings. The SMILES string of the molecule is O=C(CCC(CCC(=O)NCCOCCOCCn1cc(Cc2cc(C(F)(F)F)nc(N[C@H]3CO[C@H](CO)[C@H](O)[C@@H]3O)n2)nn1)(CCC(=O)NCCOCCOCCn1cc(Cc2cc(C(F)(F)F)nc[n+]2[C@H]2CO[C@H](CO)[C@H](O)[C@@H]2O)nn1)NC(=O)CCCCCCCCCCC(=O)Oc1c(F)c(F)c(F)c(F)c1F)NCCOCCOCCn1cc(Cc2cc(C(F)(F)F)nc(N[C@H]3CO[C@H](CO)[C@H](O)[C@@H]3O)n2)nn1. The van der Waals surface area contributed by atoms with Crippen LogP contribution in [0.1, 0.15) is 160 Å². The topological polar surface area (TPSA) is 592 Å². The van der Waals surface area contributed by atoms with Crippen LogP contribution in [0, 0.1) is 29.1 Å². The Balaban J connectivity index is 0.705.